The molecule has 1 aromatic rings. The van der Waals surface area contributed by atoms with Crippen LogP contribution >= 0.6 is 47.8 Å². The lowest BCUT2D eigenvalue weighted by Crippen LogP contribution is -2.10. The van der Waals surface area contributed by atoms with Gasteiger partial charge < -0.3 is 0 Å². The molecule has 1 unspecified atom stereocenters. The fourth-order valence-electron chi connectivity index (χ4n) is 1.21. The minimum absolute atomic E-state index is 0.592. The van der Waals surface area contributed by atoms with Crippen LogP contribution in [0.3, 0.4) is 0 Å². The van der Waals surface area contributed by atoms with Gasteiger partial charge in [0.25, 0.3) is 0 Å². The van der Waals surface area contributed by atoms with Crippen molar-refractivity contribution in [1.82, 2.24) is 0 Å². The molecule has 90 valence electrons. The largest absolute Gasteiger partial charge is 0.390 e. The standard InChI is InChI=1S/C10H8Br3F3/c1-5-2-8(12)6(3-7(5)11)9(13)4-10(14,15)16/h2-3,9H,4H2,1H3. The SMILES string of the molecule is Cc1cc(Br)c(C(Br)CC(F)(F)F)cc1Br. The zero-order valence-corrected chi connectivity index (χ0v) is 13.0. The third-order valence-electron chi connectivity index (χ3n) is 2.03. The van der Waals surface area contributed by atoms with E-state index in [-0.39, 0.29) is 0 Å². The Morgan fingerprint density at radius 1 is 1.19 bits per heavy atom. The van der Waals surface area contributed by atoms with Crippen molar-refractivity contribution < 1.29 is 13.2 Å². The molecule has 16 heavy (non-hydrogen) atoms. The molecule has 0 saturated heterocycles. The normalized spacial score (nSPS) is 13.9. The van der Waals surface area contributed by atoms with E-state index in [4.69, 9.17) is 0 Å². The lowest BCUT2D eigenvalue weighted by molar-refractivity contribution is -0.134. The summed E-state index contributed by atoms with van der Waals surface area (Å²) in [6, 6.07) is 3.49. The second-order valence-electron chi connectivity index (χ2n) is 3.41. The Bertz CT molecular complexity index is 388. The highest BCUT2D eigenvalue weighted by molar-refractivity contribution is 9.11. The van der Waals surface area contributed by atoms with Crippen molar-refractivity contribution in [1.29, 1.82) is 0 Å². The predicted molar refractivity (Wildman–Crippen MR) is 68.9 cm³/mol. The van der Waals surface area contributed by atoms with Crippen LogP contribution in [0.4, 0.5) is 13.2 Å². The van der Waals surface area contributed by atoms with Gasteiger partial charge in [-0.25, -0.2) is 0 Å². The lowest BCUT2D eigenvalue weighted by atomic mass is 10.1. The summed E-state index contributed by atoms with van der Waals surface area (Å²) in [6.07, 6.45) is -5.06. The highest BCUT2D eigenvalue weighted by atomic mass is 79.9. The molecule has 0 nitrogen and oxygen atoms in total. The molecule has 0 aliphatic rings. The molecule has 0 fully saturated rings. The van der Waals surface area contributed by atoms with E-state index in [1.165, 1.54) is 0 Å². The van der Waals surface area contributed by atoms with Crippen LogP contribution in [-0.4, -0.2) is 6.18 Å². The molecule has 0 saturated carbocycles. The second-order valence-corrected chi connectivity index (χ2v) is 6.22. The summed E-state index contributed by atoms with van der Waals surface area (Å²) in [7, 11) is 0. The average Bonchev–Trinajstić information content (AvgIpc) is 2.08. The van der Waals surface area contributed by atoms with E-state index >= 15 is 0 Å². The molecule has 0 radical (unpaired) electrons. The van der Waals surface area contributed by atoms with Gasteiger partial charge >= 0.3 is 6.18 Å². The van der Waals surface area contributed by atoms with Gasteiger partial charge in [0.2, 0.25) is 0 Å². The van der Waals surface area contributed by atoms with E-state index in [2.05, 4.69) is 47.8 Å². The summed E-state index contributed by atoms with van der Waals surface area (Å²) in [5.41, 5.74) is 1.57. The van der Waals surface area contributed by atoms with Crippen LogP contribution in [0.25, 0.3) is 0 Å². The predicted octanol–water partition coefficient (Wildman–Crippen LogP) is 5.91. The molecule has 0 aliphatic heterocycles. The molecule has 0 aliphatic carbocycles. The first kappa shape index (κ1) is 14.5. The number of rotatable bonds is 2. The molecule has 0 bridgehead atoms. The van der Waals surface area contributed by atoms with E-state index < -0.39 is 17.4 Å². The van der Waals surface area contributed by atoms with E-state index in [0.717, 1.165) is 10.0 Å². The van der Waals surface area contributed by atoms with Crippen LogP contribution in [0.1, 0.15) is 22.4 Å². The number of benzene rings is 1. The zero-order chi connectivity index (χ0) is 12.5. The van der Waals surface area contributed by atoms with Crippen molar-refractivity contribution in [3.63, 3.8) is 0 Å². The van der Waals surface area contributed by atoms with E-state index in [1.54, 1.807) is 12.1 Å². The molecule has 0 aromatic heterocycles. The Balaban J connectivity index is 3.00. The van der Waals surface area contributed by atoms with Gasteiger partial charge in [0, 0.05) is 13.8 Å². The van der Waals surface area contributed by atoms with Gasteiger partial charge in [0.15, 0.2) is 0 Å². The van der Waals surface area contributed by atoms with Gasteiger partial charge in [-0.2, -0.15) is 13.2 Å². The van der Waals surface area contributed by atoms with Crippen LogP contribution in [0.15, 0.2) is 21.1 Å². The summed E-state index contributed by atoms with van der Waals surface area (Å²) in [5.74, 6) is 0. The van der Waals surface area contributed by atoms with Crippen molar-refractivity contribution in [3.05, 3.63) is 32.2 Å². The maximum absolute atomic E-state index is 12.2. The average molecular weight is 425 g/mol. The highest BCUT2D eigenvalue weighted by Gasteiger charge is 2.32. The van der Waals surface area contributed by atoms with E-state index in [1.807, 2.05) is 6.92 Å². The second kappa shape index (κ2) is 5.40. The van der Waals surface area contributed by atoms with Gasteiger partial charge in [-0.05, 0) is 30.2 Å². The quantitative estimate of drug-likeness (QED) is 0.518. The topological polar surface area (TPSA) is 0 Å². The first-order chi connectivity index (χ1) is 7.20. The summed E-state index contributed by atoms with van der Waals surface area (Å²) >= 11 is 9.64. The monoisotopic (exact) mass is 422 g/mol. The van der Waals surface area contributed by atoms with Crippen molar-refractivity contribution in [2.24, 2.45) is 0 Å². The molecule has 1 atom stereocenters. The van der Waals surface area contributed by atoms with Crippen LogP contribution in [-0.2, 0) is 0 Å². The number of halogens is 6. The fourth-order valence-corrected chi connectivity index (χ4v) is 3.36. The maximum Gasteiger partial charge on any atom is 0.390 e. The molecule has 0 spiro atoms. The number of aryl methyl sites for hydroxylation is 1. The van der Waals surface area contributed by atoms with Crippen LogP contribution in [0.2, 0.25) is 0 Å². The van der Waals surface area contributed by atoms with Crippen molar-refractivity contribution in [2.75, 3.05) is 0 Å². The van der Waals surface area contributed by atoms with Crippen molar-refractivity contribution >= 4 is 47.8 Å². The molecular weight excluding hydrogens is 417 g/mol. The third kappa shape index (κ3) is 4.04. The molecule has 0 N–H and O–H groups in total. The first-order valence-corrected chi connectivity index (χ1v) is 6.87. The molecule has 0 amide bonds. The van der Waals surface area contributed by atoms with Crippen LogP contribution in [0.5, 0.6) is 0 Å². The highest BCUT2D eigenvalue weighted by Crippen LogP contribution is 2.40. The van der Waals surface area contributed by atoms with E-state index in [0.29, 0.717) is 10.0 Å². The number of hydrogen-bond donors (Lipinski definition) is 0. The third-order valence-corrected chi connectivity index (χ3v) is 4.38. The molecule has 1 rings (SSSR count). The smallest absolute Gasteiger partial charge is 0.171 e. The fraction of sp³-hybridized carbons (Fsp3) is 0.400. The summed E-state index contributed by atoms with van der Waals surface area (Å²) in [5, 5.41) is 0. The van der Waals surface area contributed by atoms with Crippen molar-refractivity contribution in [2.45, 2.75) is 24.3 Å². The Labute approximate surface area is 117 Å². The minimum Gasteiger partial charge on any atom is -0.171 e. The Morgan fingerprint density at radius 2 is 1.75 bits per heavy atom. The zero-order valence-electron chi connectivity index (χ0n) is 8.21. The van der Waals surface area contributed by atoms with Crippen molar-refractivity contribution in [3.8, 4) is 0 Å². The Hall–Kier alpha value is 0.450. The Kier molecular flexibility index (Phi) is 4.89. The molecule has 0 heterocycles. The maximum atomic E-state index is 12.2. The Morgan fingerprint density at radius 3 is 2.25 bits per heavy atom. The minimum atomic E-state index is -4.18. The van der Waals surface area contributed by atoms with E-state index in [9.17, 15) is 13.2 Å². The van der Waals surface area contributed by atoms with Gasteiger partial charge in [-0.1, -0.05) is 47.8 Å². The summed E-state index contributed by atoms with van der Waals surface area (Å²) in [6.45, 7) is 1.88. The molecular formula is C10H8Br3F3. The van der Waals surface area contributed by atoms with Crippen LogP contribution < -0.4 is 0 Å². The summed E-state index contributed by atoms with van der Waals surface area (Å²) in [4.78, 5) is -0.737. The number of hydrogen-bond acceptors (Lipinski definition) is 0. The molecule has 1 aromatic carbocycles. The van der Waals surface area contributed by atoms with Crippen LogP contribution in [0, 0.1) is 6.92 Å². The van der Waals surface area contributed by atoms with Gasteiger partial charge in [-0.3, -0.25) is 0 Å². The summed E-state index contributed by atoms with van der Waals surface area (Å²) < 4.78 is 38.2. The molecule has 6 heteroatoms. The van der Waals surface area contributed by atoms with Gasteiger partial charge in [0.1, 0.15) is 0 Å². The van der Waals surface area contributed by atoms with Gasteiger partial charge in [-0.15, -0.1) is 0 Å². The van der Waals surface area contributed by atoms with Gasteiger partial charge in [0.05, 0.1) is 6.42 Å². The first-order valence-electron chi connectivity index (χ1n) is 4.37. The number of alkyl halides is 4. The lowest BCUT2D eigenvalue weighted by Gasteiger charge is -2.15.